The summed E-state index contributed by atoms with van der Waals surface area (Å²) < 4.78 is 5.08. The molecule has 152 valence electrons. The highest BCUT2D eigenvalue weighted by Crippen LogP contribution is 2.67. The lowest BCUT2D eigenvalue weighted by Gasteiger charge is -2.61. The molecule has 0 heterocycles. The molecule has 4 fully saturated rings. The minimum absolute atomic E-state index is 0.00537. The van der Waals surface area contributed by atoms with E-state index in [1.54, 1.807) is 0 Å². The molecule has 0 spiro atoms. The van der Waals surface area contributed by atoms with E-state index in [1.807, 2.05) is 0 Å². The summed E-state index contributed by atoms with van der Waals surface area (Å²) in [4.78, 5) is 24.5. The van der Waals surface area contributed by atoms with Gasteiger partial charge in [0.15, 0.2) is 0 Å². The molecule has 2 N–H and O–H groups in total. The van der Waals surface area contributed by atoms with E-state index in [0.29, 0.717) is 30.1 Å². The van der Waals surface area contributed by atoms with Crippen LogP contribution in [0.4, 0.5) is 0 Å². The molecule has 0 aliphatic heterocycles. The zero-order valence-corrected chi connectivity index (χ0v) is 17.5. The summed E-state index contributed by atoms with van der Waals surface area (Å²) >= 11 is 0. The molecule has 0 saturated heterocycles. The molecule has 0 amide bonds. The molecule has 0 radical (unpaired) electrons. The van der Waals surface area contributed by atoms with E-state index in [0.717, 1.165) is 25.2 Å². The van der Waals surface area contributed by atoms with Crippen LogP contribution < -0.4 is 5.73 Å². The van der Waals surface area contributed by atoms with Crippen molar-refractivity contribution in [2.45, 2.75) is 78.2 Å². The molecule has 3 unspecified atom stereocenters. The summed E-state index contributed by atoms with van der Waals surface area (Å²) in [5, 5.41) is 0. The molecule has 0 bridgehead atoms. The van der Waals surface area contributed by atoms with Gasteiger partial charge in [0.1, 0.15) is 5.78 Å². The van der Waals surface area contributed by atoms with Crippen LogP contribution in [0.15, 0.2) is 0 Å². The van der Waals surface area contributed by atoms with Gasteiger partial charge in [0.2, 0.25) is 0 Å². The SMILES string of the molecule is COC(=O)C(C)[C@H]1CC[C@H]2[C@@H]3CCC4C(N)C(=O)CC[C@]4(C)[C@H]3CC[C@]12C. The number of esters is 1. The molecule has 0 aromatic carbocycles. The highest BCUT2D eigenvalue weighted by atomic mass is 16.5. The van der Waals surface area contributed by atoms with Crippen LogP contribution in [0.2, 0.25) is 0 Å². The minimum Gasteiger partial charge on any atom is -0.469 e. The maximum Gasteiger partial charge on any atom is 0.308 e. The highest BCUT2D eigenvalue weighted by Gasteiger charge is 2.62. The Morgan fingerprint density at radius 1 is 1.04 bits per heavy atom. The second kappa shape index (κ2) is 6.57. The Bertz CT molecular complexity index is 633. The molecule has 4 aliphatic carbocycles. The topological polar surface area (TPSA) is 69.4 Å². The van der Waals surface area contributed by atoms with Gasteiger partial charge in [-0.25, -0.2) is 0 Å². The number of ether oxygens (including phenoxy) is 1. The maximum atomic E-state index is 12.2. The number of carbonyl (C=O) groups excluding carboxylic acids is 2. The van der Waals surface area contributed by atoms with Crippen molar-refractivity contribution in [2.24, 2.45) is 52.1 Å². The number of hydrogen-bond donors (Lipinski definition) is 1. The van der Waals surface area contributed by atoms with Gasteiger partial charge in [-0.15, -0.1) is 0 Å². The fourth-order valence-corrected chi connectivity index (χ4v) is 8.44. The molecule has 4 rings (SSSR count). The molecule has 27 heavy (non-hydrogen) atoms. The molecule has 4 aliphatic rings. The number of methoxy groups -OCH3 is 1. The monoisotopic (exact) mass is 375 g/mol. The van der Waals surface area contributed by atoms with Crippen molar-refractivity contribution >= 4 is 11.8 Å². The summed E-state index contributed by atoms with van der Waals surface area (Å²) in [6.45, 7) is 6.96. The number of carbonyl (C=O) groups is 2. The summed E-state index contributed by atoms with van der Waals surface area (Å²) in [6, 6.07) is -0.242. The summed E-state index contributed by atoms with van der Waals surface area (Å²) in [5.41, 5.74) is 6.86. The van der Waals surface area contributed by atoms with Gasteiger partial charge in [-0.05, 0) is 85.4 Å². The quantitative estimate of drug-likeness (QED) is 0.742. The van der Waals surface area contributed by atoms with Crippen LogP contribution in [0.25, 0.3) is 0 Å². The predicted octanol–water partition coefficient (Wildman–Crippen LogP) is 3.96. The maximum absolute atomic E-state index is 12.2. The Labute approximate surface area is 164 Å². The van der Waals surface area contributed by atoms with Crippen LogP contribution in [-0.4, -0.2) is 24.9 Å². The lowest BCUT2D eigenvalue weighted by Crippen LogP contribution is -2.59. The third kappa shape index (κ3) is 2.65. The summed E-state index contributed by atoms with van der Waals surface area (Å²) in [5.74, 6) is 3.18. The average Bonchev–Trinajstić information content (AvgIpc) is 3.01. The summed E-state index contributed by atoms with van der Waals surface area (Å²) in [6.07, 6.45) is 8.85. The Morgan fingerprint density at radius 3 is 2.41 bits per heavy atom. The molecular weight excluding hydrogens is 338 g/mol. The first-order chi connectivity index (χ1) is 12.7. The zero-order chi connectivity index (χ0) is 19.6. The fraction of sp³-hybridized carbons (Fsp3) is 0.913. The average molecular weight is 376 g/mol. The Hall–Kier alpha value is -0.900. The number of ketones is 1. The zero-order valence-electron chi connectivity index (χ0n) is 17.5. The van der Waals surface area contributed by atoms with E-state index in [2.05, 4.69) is 20.8 Å². The van der Waals surface area contributed by atoms with Gasteiger partial charge in [-0.3, -0.25) is 9.59 Å². The first-order valence-corrected chi connectivity index (χ1v) is 11.1. The standard InChI is InChI=1S/C23H37NO3/c1-13(21(26)27-4)15-7-8-16-14-5-6-18-20(24)19(25)10-12-23(18,3)17(14)9-11-22(15,16)2/h13-18,20H,5-12,24H2,1-4H3/t13?,14-,15+,16-,17-,18?,20?,22+,23+/m0/s1. The first-order valence-electron chi connectivity index (χ1n) is 11.1. The normalized spacial score (nSPS) is 50.3. The number of rotatable bonds is 2. The van der Waals surface area contributed by atoms with Gasteiger partial charge in [0.25, 0.3) is 0 Å². The van der Waals surface area contributed by atoms with Crippen molar-refractivity contribution in [1.29, 1.82) is 0 Å². The van der Waals surface area contributed by atoms with Crippen LogP contribution in [-0.2, 0) is 14.3 Å². The van der Waals surface area contributed by atoms with Crippen molar-refractivity contribution < 1.29 is 14.3 Å². The third-order valence-corrected chi connectivity index (χ3v) is 9.91. The third-order valence-electron chi connectivity index (χ3n) is 9.91. The van der Waals surface area contributed by atoms with E-state index in [-0.39, 0.29) is 34.5 Å². The number of fused-ring (bicyclic) bond motifs is 5. The van der Waals surface area contributed by atoms with E-state index < -0.39 is 0 Å². The Balaban J connectivity index is 1.59. The van der Waals surface area contributed by atoms with Crippen LogP contribution in [0.1, 0.15) is 72.1 Å². The van der Waals surface area contributed by atoms with E-state index in [4.69, 9.17) is 10.5 Å². The van der Waals surface area contributed by atoms with Gasteiger partial charge in [0, 0.05) is 6.42 Å². The second-order valence-corrected chi connectivity index (χ2v) is 10.6. The van der Waals surface area contributed by atoms with Crippen molar-refractivity contribution in [3.8, 4) is 0 Å². The molecular formula is C23H37NO3. The Morgan fingerprint density at radius 2 is 1.70 bits per heavy atom. The van der Waals surface area contributed by atoms with Crippen LogP contribution >= 0.6 is 0 Å². The lowest BCUT2D eigenvalue weighted by atomic mass is 9.44. The van der Waals surface area contributed by atoms with Crippen LogP contribution in [0, 0.1) is 46.3 Å². The largest absolute Gasteiger partial charge is 0.469 e. The molecule has 4 saturated carbocycles. The fourth-order valence-electron chi connectivity index (χ4n) is 8.44. The smallest absolute Gasteiger partial charge is 0.308 e. The van der Waals surface area contributed by atoms with Crippen molar-refractivity contribution in [2.75, 3.05) is 7.11 Å². The first kappa shape index (κ1) is 19.4. The molecule has 0 aromatic rings. The Kier molecular flexibility index (Phi) is 4.73. The lowest BCUT2D eigenvalue weighted by molar-refractivity contribution is -0.153. The predicted molar refractivity (Wildman–Crippen MR) is 105 cm³/mol. The van der Waals surface area contributed by atoms with Crippen molar-refractivity contribution in [3.63, 3.8) is 0 Å². The van der Waals surface area contributed by atoms with Crippen molar-refractivity contribution in [1.82, 2.24) is 0 Å². The van der Waals surface area contributed by atoms with Crippen molar-refractivity contribution in [3.05, 3.63) is 0 Å². The second-order valence-electron chi connectivity index (χ2n) is 10.6. The van der Waals surface area contributed by atoms with E-state index in [9.17, 15) is 9.59 Å². The number of nitrogens with two attached hydrogens (primary N) is 1. The number of Topliss-reactive ketones (excluding diaryl/α,β-unsaturated/α-hetero) is 1. The molecule has 9 atom stereocenters. The highest BCUT2D eigenvalue weighted by molar-refractivity contribution is 5.85. The van der Waals surface area contributed by atoms with Gasteiger partial charge < -0.3 is 10.5 Å². The van der Waals surface area contributed by atoms with Crippen LogP contribution in [0.5, 0.6) is 0 Å². The van der Waals surface area contributed by atoms with Gasteiger partial charge in [-0.1, -0.05) is 20.8 Å². The number of hydrogen-bond acceptors (Lipinski definition) is 4. The van der Waals surface area contributed by atoms with E-state index in [1.165, 1.54) is 32.8 Å². The van der Waals surface area contributed by atoms with Crippen LogP contribution in [0.3, 0.4) is 0 Å². The molecule has 4 nitrogen and oxygen atoms in total. The molecule has 0 aromatic heterocycles. The van der Waals surface area contributed by atoms with E-state index >= 15 is 0 Å². The van der Waals surface area contributed by atoms with Gasteiger partial charge >= 0.3 is 5.97 Å². The minimum atomic E-state index is -0.242. The van der Waals surface area contributed by atoms with Gasteiger partial charge in [0.05, 0.1) is 19.1 Å². The van der Waals surface area contributed by atoms with Gasteiger partial charge in [-0.2, -0.15) is 0 Å². The molecule has 4 heteroatoms. The summed E-state index contributed by atoms with van der Waals surface area (Å²) in [7, 11) is 1.51.